The van der Waals surface area contributed by atoms with E-state index in [-0.39, 0.29) is 17.3 Å². The molecule has 3 aromatic rings. The van der Waals surface area contributed by atoms with E-state index in [1.807, 2.05) is 31.2 Å². The fraction of sp³-hybridized carbons (Fsp3) is 0.345. The van der Waals surface area contributed by atoms with Gasteiger partial charge in [-0.05, 0) is 79.8 Å². The molecule has 0 aromatic heterocycles. The molecule has 1 aliphatic heterocycles. The summed E-state index contributed by atoms with van der Waals surface area (Å²) in [7, 11) is -2.46. The van der Waals surface area contributed by atoms with Gasteiger partial charge in [0.2, 0.25) is 5.91 Å². The van der Waals surface area contributed by atoms with E-state index in [2.05, 4.69) is 29.3 Å². The highest BCUT2D eigenvalue weighted by Gasteiger charge is 2.27. The van der Waals surface area contributed by atoms with Gasteiger partial charge in [0.15, 0.2) is 0 Å². The molecule has 1 heterocycles. The van der Waals surface area contributed by atoms with Crippen LogP contribution in [0, 0.1) is 12.8 Å². The van der Waals surface area contributed by atoms with Crippen LogP contribution in [0.25, 0.3) is 0 Å². The summed E-state index contributed by atoms with van der Waals surface area (Å²) in [6.45, 7) is 6.33. The number of piperidine rings is 1. The monoisotopic (exact) mass is 521 g/mol. The van der Waals surface area contributed by atoms with Gasteiger partial charge in [-0.15, -0.1) is 0 Å². The lowest BCUT2D eigenvalue weighted by Gasteiger charge is -2.32. The zero-order valence-electron chi connectivity index (χ0n) is 21.7. The largest absolute Gasteiger partial charge is 0.497 e. The van der Waals surface area contributed by atoms with Gasteiger partial charge in [0.25, 0.3) is 10.0 Å². The maximum atomic E-state index is 13.5. The van der Waals surface area contributed by atoms with Crippen LogP contribution in [0.3, 0.4) is 0 Å². The number of carbonyl (C=O) groups excluding carboxylic acids is 1. The molecule has 1 atom stereocenters. The molecule has 0 aliphatic carbocycles. The second-order valence-corrected chi connectivity index (χ2v) is 11.5. The molecule has 1 unspecified atom stereocenters. The Morgan fingerprint density at radius 1 is 1.03 bits per heavy atom. The molecule has 7 nitrogen and oxygen atoms in total. The predicted octanol–water partition coefficient (Wildman–Crippen LogP) is 4.75. The highest BCUT2D eigenvalue weighted by atomic mass is 32.2. The number of hydrogen-bond donors (Lipinski definition) is 1. The summed E-state index contributed by atoms with van der Waals surface area (Å²) >= 11 is 0. The molecule has 3 aromatic carbocycles. The van der Waals surface area contributed by atoms with E-state index in [0.717, 1.165) is 28.5 Å². The first-order chi connectivity index (χ1) is 17.8. The zero-order chi connectivity index (χ0) is 26.4. The van der Waals surface area contributed by atoms with Crippen molar-refractivity contribution in [3.8, 4) is 5.75 Å². The number of carbonyl (C=O) groups is 1. The molecular formula is C29H35N3O4S. The number of methoxy groups -OCH3 is 1. The van der Waals surface area contributed by atoms with Crippen LogP contribution in [0.15, 0.2) is 77.7 Å². The molecule has 1 fully saturated rings. The van der Waals surface area contributed by atoms with E-state index < -0.39 is 10.0 Å². The Morgan fingerprint density at radius 3 is 2.32 bits per heavy atom. The molecule has 8 heteroatoms. The lowest BCUT2D eigenvalue weighted by molar-refractivity contribution is -0.119. The summed E-state index contributed by atoms with van der Waals surface area (Å²) < 4.78 is 33.4. The summed E-state index contributed by atoms with van der Waals surface area (Å²) in [5, 5.41) is 2.88. The molecular weight excluding hydrogens is 486 g/mol. The molecule has 37 heavy (non-hydrogen) atoms. The number of rotatable bonds is 9. The number of amides is 1. The van der Waals surface area contributed by atoms with Crippen molar-refractivity contribution >= 4 is 27.3 Å². The highest BCUT2D eigenvalue weighted by Crippen LogP contribution is 2.26. The Hall–Kier alpha value is -3.52. The zero-order valence-corrected chi connectivity index (χ0v) is 22.5. The molecule has 196 valence electrons. The van der Waals surface area contributed by atoms with Crippen molar-refractivity contribution in [2.45, 2.75) is 38.1 Å². The molecule has 1 saturated heterocycles. The smallest absolute Gasteiger partial charge is 0.264 e. The van der Waals surface area contributed by atoms with Crippen LogP contribution in [0.2, 0.25) is 0 Å². The Bertz CT molecular complexity index is 1290. The Morgan fingerprint density at radius 2 is 1.70 bits per heavy atom. The average Bonchev–Trinajstić information content (AvgIpc) is 2.91. The fourth-order valence-electron chi connectivity index (χ4n) is 4.54. The third kappa shape index (κ3) is 6.63. The van der Waals surface area contributed by atoms with Crippen LogP contribution in [-0.2, 0) is 21.4 Å². The molecule has 0 bridgehead atoms. The van der Waals surface area contributed by atoms with Crippen LogP contribution in [0.1, 0.15) is 30.9 Å². The molecule has 0 saturated carbocycles. The van der Waals surface area contributed by atoms with Crippen molar-refractivity contribution in [1.29, 1.82) is 0 Å². The predicted molar refractivity (Wildman–Crippen MR) is 148 cm³/mol. The van der Waals surface area contributed by atoms with Crippen molar-refractivity contribution in [3.63, 3.8) is 0 Å². The summed E-state index contributed by atoms with van der Waals surface area (Å²) in [5.41, 5.74) is 3.58. The van der Waals surface area contributed by atoms with Gasteiger partial charge < -0.3 is 15.0 Å². The SMILES string of the molecule is COc1ccc(S(=O)(=O)N(CC(=O)NCc2ccc(N3CCCC(C)C3)cc2)c2ccc(C)cc2)cc1. The molecule has 1 N–H and O–H groups in total. The Kier molecular flexibility index (Phi) is 8.38. The molecule has 1 amide bonds. The average molecular weight is 522 g/mol. The lowest BCUT2D eigenvalue weighted by Crippen LogP contribution is -2.40. The van der Waals surface area contributed by atoms with Gasteiger partial charge in [-0.1, -0.05) is 36.8 Å². The van der Waals surface area contributed by atoms with Crippen LogP contribution in [-0.4, -0.2) is 41.1 Å². The minimum atomic E-state index is -3.98. The third-order valence-electron chi connectivity index (χ3n) is 6.70. The molecule has 1 aliphatic rings. The lowest BCUT2D eigenvalue weighted by atomic mass is 9.99. The van der Waals surface area contributed by atoms with Gasteiger partial charge in [-0.2, -0.15) is 0 Å². The fourth-order valence-corrected chi connectivity index (χ4v) is 5.96. The minimum Gasteiger partial charge on any atom is -0.497 e. The number of sulfonamides is 1. The van der Waals surface area contributed by atoms with Crippen LogP contribution >= 0.6 is 0 Å². The summed E-state index contributed by atoms with van der Waals surface area (Å²) in [6, 6.07) is 21.4. The maximum absolute atomic E-state index is 13.5. The van der Waals surface area contributed by atoms with E-state index in [9.17, 15) is 13.2 Å². The van der Waals surface area contributed by atoms with E-state index in [1.54, 1.807) is 24.3 Å². The molecule has 0 radical (unpaired) electrons. The Balaban J connectivity index is 1.46. The third-order valence-corrected chi connectivity index (χ3v) is 8.49. The number of ether oxygens (including phenoxy) is 1. The van der Waals surface area contributed by atoms with E-state index in [0.29, 0.717) is 23.9 Å². The first-order valence-electron chi connectivity index (χ1n) is 12.6. The number of aryl methyl sites for hydroxylation is 1. The van der Waals surface area contributed by atoms with Crippen molar-refractivity contribution in [2.24, 2.45) is 5.92 Å². The summed E-state index contributed by atoms with van der Waals surface area (Å²) in [4.78, 5) is 15.4. The van der Waals surface area contributed by atoms with Gasteiger partial charge >= 0.3 is 0 Å². The van der Waals surface area contributed by atoms with Gasteiger partial charge in [0.05, 0.1) is 17.7 Å². The summed E-state index contributed by atoms with van der Waals surface area (Å²) in [6.07, 6.45) is 2.48. The van der Waals surface area contributed by atoms with Crippen LogP contribution in [0.5, 0.6) is 5.75 Å². The van der Waals surface area contributed by atoms with Crippen LogP contribution < -0.4 is 19.3 Å². The number of hydrogen-bond acceptors (Lipinski definition) is 5. The highest BCUT2D eigenvalue weighted by molar-refractivity contribution is 7.92. The van der Waals surface area contributed by atoms with Crippen molar-refractivity contribution < 1.29 is 17.9 Å². The van der Waals surface area contributed by atoms with Gasteiger partial charge in [-0.3, -0.25) is 9.10 Å². The number of nitrogens with one attached hydrogen (secondary N) is 1. The summed E-state index contributed by atoms with van der Waals surface area (Å²) in [5.74, 6) is 0.865. The maximum Gasteiger partial charge on any atom is 0.264 e. The first kappa shape index (κ1) is 26.5. The van der Waals surface area contributed by atoms with E-state index in [4.69, 9.17) is 4.74 Å². The minimum absolute atomic E-state index is 0.0873. The topological polar surface area (TPSA) is 79.0 Å². The van der Waals surface area contributed by atoms with Gasteiger partial charge in [-0.25, -0.2) is 8.42 Å². The van der Waals surface area contributed by atoms with Crippen molar-refractivity contribution in [1.82, 2.24) is 5.32 Å². The van der Waals surface area contributed by atoms with Crippen LogP contribution in [0.4, 0.5) is 11.4 Å². The second kappa shape index (κ2) is 11.7. The second-order valence-electron chi connectivity index (χ2n) is 9.66. The van der Waals surface area contributed by atoms with Crippen molar-refractivity contribution in [2.75, 3.05) is 35.9 Å². The quantitative estimate of drug-likeness (QED) is 0.440. The van der Waals surface area contributed by atoms with Gasteiger partial charge in [0, 0.05) is 25.3 Å². The first-order valence-corrected chi connectivity index (χ1v) is 14.0. The standard InChI is InChI=1S/C29H35N3O4S/c1-22-6-10-26(11-7-22)32(37(34,35)28-16-14-27(36-3)15-17-28)21-29(33)30-19-24-8-12-25(13-9-24)31-18-4-5-23(2)20-31/h6-17,23H,4-5,18-21H2,1-3H3,(H,30,33). The molecule has 0 spiro atoms. The Labute approximate surface area is 220 Å². The van der Waals surface area contributed by atoms with Crippen molar-refractivity contribution in [3.05, 3.63) is 83.9 Å². The number of anilines is 2. The molecule has 4 rings (SSSR count). The number of nitrogens with zero attached hydrogens (tertiary/aromatic N) is 2. The van der Waals surface area contributed by atoms with E-state index >= 15 is 0 Å². The van der Waals surface area contributed by atoms with E-state index in [1.165, 1.54) is 37.8 Å². The normalized spacial score (nSPS) is 15.8. The van der Waals surface area contributed by atoms with Gasteiger partial charge in [0.1, 0.15) is 12.3 Å². The number of benzene rings is 3.